The summed E-state index contributed by atoms with van der Waals surface area (Å²) in [6.45, 7) is 4.30. The van der Waals surface area contributed by atoms with E-state index in [1.807, 2.05) is 24.3 Å². The van der Waals surface area contributed by atoms with Gasteiger partial charge in [-0.05, 0) is 70.6 Å². The number of hydrogen-bond donors (Lipinski definition) is 2. The highest BCUT2D eigenvalue weighted by Crippen LogP contribution is 2.31. The standard InChI is InChI=1S/C25H39N5O3/c1-28-13-10-19(11-14-28)30-15-12-22-24(30)25(32)27-17-20(29(22)2)6-9-23(31)26-16-18-4-7-21(33-3)8-5-18/h4-5,7-8,19-20,22,24H,6,9-17H2,1-3H3,(H,26,31)(H,27,32)/t20-,22-,24-/m0/s1. The Kier molecular flexibility index (Phi) is 7.88. The van der Waals surface area contributed by atoms with Crippen LogP contribution >= 0.6 is 0 Å². The first-order chi connectivity index (χ1) is 16.0. The van der Waals surface area contributed by atoms with Crippen molar-refractivity contribution < 1.29 is 14.3 Å². The zero-order valence-corrected chi connectivity index (χ0v) is 20.3. The molecule has 2 amide bonds. The number of carbonyl (C=O) groups excluding carboxylic acids is 2. The van der Waals surface area contributed by atoms with Crippen LogP contribution in [0.25, 0.3) is 0 Å². The number of amides is 2. The van der Waals surface area contributed by atoms with E-state index < -0.39 is 0 Å². The summed E-state index contributed by atoms with van der Waals surface area (Å²) < 4.78 is 5.18. The predicted octanol–water partition coefficient (Wildman–Crippen LogP) is 1.06. The molecule has 0 radical (unpaired) electrons. The lowest BCUT2D eigenvalue weighted by molar-refractivity contribution is -0.127. The smallest absolute Gasteiger partial charge is 0.239 e. The molecule has 0 spiro atoms. The number of nitrogens with zero attached hydrogens (tertiary/aromatic N) is 3. The number of benzene rings is 1. The van der Waals surface area contributed by atoms with E-state index in [1.54, 1.807) is 7.11 Å². The molecule has 3 heterocycles. The molecule has 1 aromatic rings. The minimum absolute atomic E-state index is 0.0470. The Morgan fingerprint density at radius 2 is 1.85 bits per heavy atom. The highest BCUT2D eigenvalue weighted by Gasteiger charge is 2.47. The SMILES string of the molecule is COc1ccc(CNC(=O)CC[C@H]2CNC(=O)[C@@H]3[C@H](CCN3C3CCN(C)CC3)N2C)cc1. The fourth-order valence-corrected chi connectivity index (χ4v) is 5.66. The van der Waals surface area contributed by atoms with Crippen molar-refractivity contribution in [1.82, 2.24) is 25.3 Å². The van der Waals surface area contributed by atoms with Crippen LogP contribution in [0.5, 0.6) is 5.75 Å². The van der Waals surface area contributed by atoms with Crippen molar-refractivity contribution in [2.75, 3.05) is 47.4 Å². The van der Waals surface area contributed by atoms with E-state index in [1.165, 1.54) is 0 Å². The van der Waals surface area contributed by atoms with Gasteiger partial charge in [0.05, 0.1) is 7.11 Å². The molecular weight excluding hydrogens is 418 g/mol. The Morgan fingerprint density at radius 3 is 2.55 bits per heavy atom. The number of hydrogen-bond acceptors (Lipinski definition) is 6. The number of methoxy groups -OCH3 is 1. The molecule has 2 N–H and O–H groups in total. The van der Waals surface area contributed by atoms with Gasteiger partial charge in [-0.3, -0.25) is 19.4 Å². The van der Waals surface area contributed by atoms with E-state index >= 15 is 0 Å². The Balaban J connectivity index is 1.29. The molecule has 0 saturated carbocycles. The third-order valence-corrected chi connectivity index (χ3v) is 7.79. The average Bonchev–Trinajstić information content (AvgIpc) is 3.23. The molecule has 3 atom stereocenters. The lowest BCUT2D eigenvalue weighted by Gasteiger charge is -2.39. The predicted molar refractivity (Wildman–Crippen MR) is 128 cm³/mol. The number of likely N-dealkylation sites (tertiary alicyclic amines) is 2. The molecule has 3 fully saturated rings. The highest BCUT2D eigenvalue weighted by atomic mass is 16.5. The molecule has 182 valence electrons. The molecular formula is C25H39N5O3. The first kappa shape index (κ1) is 24.0. The van der Waals surface area contributed by atoms with Crippen molar-refractivity contribution in [2.45, 2.75) is 62.8 Å². The van der Waals surface area contributed by atoms with Gasteiger partial charge >= 0.3 is 0 Å². The van der Waals surface area contributed by atoms with E-state index in [0.29, 0.717) is 25.6 Å². The van der Waals surface area contributed by atoms with Crippen LogP contribution in [0.3, 0.4) is 0 Å². The normalized spacial score (nSPS) is 27.6. The molecule has 0 aliphatic carbocycles. The van der Waals surface area contributed by atoms with Crippen LogP contribution in [0.1, 0.15) is 37.7 Å². The molecule has 1 aromatic carbocycles. The molecule has 8 nitrogen and oxygen atoms in total. The van der Waals surface area contributed by atoms with E-state index in [2.05, 4.69) is 39.4 Å². The fourth-order valence-electron chi connectivity index (χ4n) is 5.66. The molecule has 3 aliphatic rings. The van der Waals surface area contributed by atoms with Crippen molar-refractivity contribution in [3.05, 3.63) is 29.8 Å². The third-order valence-electron chi connectivity index (χ3n) is 7.79. The zero-order valence-electron chi connectivity index (χ0n) is 20.3. The average molecular weight is 458 g/mol. The number of piperidine rings is 1. The lowest BCUT2D eigenvalue weighted by Crippen LogP contribution is -2.54. The minimum Gasteiger partial charge on any atom is -0.497 e. The molecule has 0 aromatic heterocycles. The van der Waals surface area contributed by atoms with E-state index in [4.69, 9.17) is 4.74 Å². The van der Waals surface area contributed by atoms with Crippen molar-refractivity contribution in [1.29, 1.82) is 0 Å². The maximum Gasteiger partial charge on any atom is 0.239 e. The van der Waals surface area contributed by atoms with Gasteiger partial charge in [0.15, 0.2) is 0 Å². The summed E-state index contributed by atoms with van der Waals surface area (Å²) in [6.07, 6.45) is 4.48. The van der Waals surface area contributed by atoms with Gasteiger partial charge in [0, 0.05) is 44.2 Å². The Labute approximate surface area is 197 Å². The summed E-state index contributed by atoms with van der Waals surface area (Å²) in [6, 6.07) is 8.55. The molecule has 3 aliphatic heterocycles. The minimum atomic E-state index is -0.0719. The first-order valence-electron chi connectivity index (χ1n) is 12.3. The summed E-state index contributed by atoms with van der Waals surface area (Å²) in [5.74, 6) is 1.02. The second kappa shape index (κ2) is 10.8. The summed E-state index contributed by atoms with van der Waals surface area (Å²) in [4.78, 5) is 32.8. The van der Waals surface area contributed by atoms with Gasteiger partial charge in [-0.1, -0.05) is 12.1 Å². The highest BCUT2D eigenvalue weighted by molar-refractivity contribution is 5.83. The lowest BCUT2D eigenvalue weighted by atomic mass is 10.0. The van der Waals surface area contributed by atoms with Crippen molar-refractivity contribution in [2.24, 2.45) is 0 Å². The van der Waals surface area contributed by atoms with Crippen LogP contribution < -0.4 is 15.4 Å². The number of likely N-dealkylation sites (N-methyl/N-ethyl adjacent to an activating group) is 1. The van der Waals surface area contributed by atoms with Crippen molar-refractivity contribution in [3.8, 4) is 5.75 Å². The van der Waals surface area contributed by atoms with Crippen molar-refractivity contribution >= 4 is 11.8 Å². The van der Waals surface area contributed by atoms with E-state index in [0.717, 1.165) is 56.6 Å². The van der Waals surface area contributed by atoms with Gasteiger partial charge in [0.1, 0.15) is 11.8 Å². The summed E-state index contributed by atoms with van der Waals surface area (Å²) in [7, 11) is 5.95. The summed E-state index contributed by atoms with van der Waals surface area (Å²) >= 11 is 0. The largest absolute Gasteiger partial charge is 0.497 e. The van der Waals surface area contributed by atoms with Gasteiger partial charge < -0.3 is 20.3 Å². The van der Waals surface area contributed by atoms with Gasteiger partial charge in [0.2, 0.25) is 11.8 Å². The maximum atomic E-state index is 13.1. The van der Waals surface area contributed by atoms with Gasteiger partial charge in [-0.2, -0.15) is 0 Å². The van der Waals surface area contributed by atoms with Gasteiger partial charge in [-0.15, -0.1) is 0 Å². The van der Waals surface area contributed by atoms with Crippen LogP contribution in [0.15, 0.2) is 24.3 Å². The summed E-state index contributed by atoms with van der Waals surface area (Å²) in [5.41, 5.74) is 1.05. The number of nitrogens with one attached hydrogen (secondary N) is 2. The monoisotopic (exact) mass is 457 g/mol. The van der Waals surface area contributed by atoms with Gasteiger partial charge in [-0.25, -0.2) is 0 Å². The van der Waals surface area contributed by atoms with Crippen LogP contribution in [-0.4, -0.2) is 98.1 Å². The second-order valence-electron chi connectivity index (χ2n) is 9.80. The van der Waals surface area contributed by atoms with E-state index in [-0.39, 0.29) is 29.9 Å². The second-order valence-corrected chi connectivity index (χ2v) is 9.80. The van der Waals surface area contributed by atoms with Crippen molar-refractivity contribution in [3.63, 3.8) is 0 Å². The number of rotatable bonds is 7. The quantitative estimate of drug-likeness (QED) is 0.638. The fraction of sp³-hybridized carbons (Fsp3) is 0.680. The van der Waals surface area contributed by atoms with Crippen LogP contribution in [0, 0.1) is 0 Å². The maximum absolute atomic E-state index is 13.1. The molecule has 4 rings (SSSR count). The van der Waals surface area contributed by atoms with Crippen LogP contribution in [0.2, 0.25) is 0 Å². The Bertz CT molecular complexity index is 809. The zero-order chi connectivity index (χ0) is 23.4. The van der Waals surface area contributed by atoms with E-state index in [9.17, 15) is 9.59 Å². The Hall–Kier alpha value is -2.16. The number of fused-ring (bicyclic) bond motifs is 1. The Morgan fingerprint density at radius 1 is 1.12 bits per heavy atom. The molecule has 3 saturated heterocycles. The molecule has 0 bridgehead atoms. The molecule has 8 heteroatoms. The van der Waals surface area contributed by atoms with Crippen LogP contribution in [0.4, 0.5) is 0 Å². The first-order valence-corrected chi connectivity index (χ1v) is 12.3. The number of ether oxygens (including phenoxy) is 1. The molecule has 33 heavy (non-hydrogen) atoms. The number of carbonyl (C=O) groups is 2. The molecule has 0 unspecified atom stereocenters. The topological polar surface area (TPSA) is 77.1 Å². The third kappa shape index (κ3) is 5.67. The van der Waals surface area contributed by atoms with Crippen LogP contribution in [-0.2, 0) is 16.1 Å². The van der Waals surface area contributed by atoms with Gasteiger partial charge in [0.25, 0.3) is 0 Å². The summed E-state index contributed by atoms with van der Waals surface area (Å²) in [5, 5.41) is 6.21.